The van der Waals surface area contributed by atoms with E-state index in [0.29, 0.717) is 18.5 Å². The monoisotopic (exact) mass is 400 g/mol. The van der Waals surface area contributed by atoms with Crippen LogP contribution in [0.3, 0.4) is 0 Å². The fourth-order valence-corrected chi connectivity index (χ4v) is 2.38. The molecule has 0 atom stereocenters. The number of hydrogen-bond donors (Lipinski definition) is 1. The number of rotatable bonds is 7. The highest BCUT2D eigenvalue weighted by molar-refractivity contribution is 9.10. The van der Waals surface area contributed by atoms with Crippen molar-refractivity contribution < 1.29 is 23.0 Å². The highest BCUT2D eigenvalue weighted by Gasteiger charge is 2.11. The van der Waals surface area contributed by atoms with Gasteiger partial charge in [-0.05, 0) is 46.1 Å². The van der Waals surface area contributed by atoms with Crippen LogP contribution in [0.25, 0.3) is 0 Å². The predicted molar refractivity (Wildman–Crippen MR) is 87.6 cm³/mol. The zero-order valence-electron chi connectivity index (χ0n) is 12.8. The Bertz CT molecular complexity index is 713. The van der Waals surface area contributed by atoms with E-state index in [0.717, 1.165) is 10.0 Å². The van der Waals surface area contributed by atoms with Gasteiger partial charge in [-0.3, -0.25) is 9.78 Å². The lowest BCUT2D eigenvalue weighted by Crippen LogP contribution is -2.25. The van der Waals surface area contributed by atoms with Gasteiger partial charge in [0.2, 0.25) is 0 Å². The Morgan fingerprint density at radius 1 is 1.29 bits per heavy atom. The highest BCUT2D eigenvalue weighted by Crippen LogP contribution is 2.29. The summed E-state index contributed by atoms with van der Waals surface area (Å²) < 4.78 is 34.7. The minimum Gasteiger partial charge on any atom is -0.493 e. The van der Waals surface area contributed by atoms with E-state index in [1.807, 2.05) is 0 Å². The molecule has 1 amide bonds. The summed E-state index contributed by atoms with van der Waals surface area (Å²) in [4.78, 5) is 15.9. The SMILES string of the molecule is COc1cc(CCNC(=O)c2cncc(Br)c2)ccc1OC(F)F. The van der Waals surface area contributed by atoms with Crippen LogP contribution in [0.2, 0.25) is 0 Å². The van der Waals surface area contributed by atoms with Crippen LogP contribution in [0.15, 0.2) is 41.1 Å². The third kappa shape index (κ3) is 5.16. The second-order valence-electron chi connectivity index (χ2n) is 4.76. The first-order chi connectivity index (χ1) is 11.5. The predicted octanol–water partition coefficient (Wildman–Crippen LogP) is 3.43. The summed E-state index contributed by atoms with van der Waals surface area (Å²) in [5.41, 5.74) is 1.27. The van der Waals surface area contributed by atoms with Crippen molar-refractivity contribution in [2.45, 2.75) is 13.0 Å². The molecule has 0 aliphatic carbocycles. The van der Waals surface area contributed by atoms with Gasteiger partial charge >= 0.3 is 6.61 Å². The van der Waals surface area contributed by atoms with Gasteiger partial charge in [-0.2, -0.15) is 8.78 Å². The Hall–Kier alpha value is -2.22. The van der Waals surface area contributed by atoms with Crippen LogP contribution >= 0.6 is 15.9 Å². The largest absolute Gasteiger partial charge is 0.493 e. The Balaban J connectivity index is 1.93. The maximum Gasteiger partial charge on any atom is 0.387 e. The van der Waals surface area contributed by atoms with Crippen molar-refractivity contribution in [3.63, 3.8) is 0 Å². The third-order valence-corrected chi connectivity index (χ3v) is 3.54. The number of methoxy groups -OCH3 is 1. The van der Waals surface area contributed by atoms with E-state index in [2.05, 4.69) is 31.0 Å². The van der Waals surface area contributed by atoms with E-state index in [1.54, 1.807) is 24.4 Å². The standard InChI is InChI=1S/C16H15BrF2N2O3/c1-23-14-6-10(2-3-13(14)24-16(18)19)4-5-21-15(22)11-7-12(17)9-20-8-11/h2-3,6-9,16H,4-5H2,1H3,(H,21,22). The van der Waals surface area contributed by atoms with Gasteiger partial charge < -0.3 is 14.8 Å². The lowest BCUT2D eigenvalue weighted by Gasteiger charge is -2.11. The van der Waals surface area contributed by atoms with E-state index >= 15 is 0 Å². The van der Waals surface area contributed by atoms with E-state index in [1.165, 1.54) is 19.4 Å². The summed E-state index contributed by atoms with van der Waals surface area (Å²) in [6, 6.07) is 6.33. The number of hydrogen-bond acceptors (Lipinski definition) is 4. The molecule has 0 saturated carbocycles. The van der Waals surface area contributed by atoms with Gasteiger partial charge in [0.05, 0.1) is 12.7 Å². The first kappa shape index (κ1) is 18.1. The van der Waals surface area contributed by atoms with Crippen molar-refractivity contribution in [3.05, 3.63) is 52.3 Å². The van der Waals surface area contributed by atoms with Gasteiger partial charge in [-0.1, -0.05) is 6.07 Å². The number of carbonyl (C=O) groups is 1. The molecular weight excluding hydrogens is 386 g/mol. The maximum absolute atomic E-state index is 12.3. The summed E-state index contributed by atoms with van der Waals surface area (Å²) in [6.45, 7) is -2.54. The van der Waals surface area contributed by atoms with Crippen LogP contribution in [0.5, 0.6) is 11.5 Å². The molecule has 8 heteroatoms. The van der Waals surface area contributed by atoms with Crippen molar-refractivity contribution in [1.29, 1.82) is 0 Å². The summed E-state index contributed by atoms with van der Waals surface area (Å²) in [5.74, 6) is -0.0516. The van der Waals surface area contributed by atoms with E-state index < -0.39 is 6.61 Å². The summed E-state index contributed by atoms with van der Waals surface area (Å²) >= 11 is 3.25. The molecule has 1 heterocycles. The minimum absolute atomic E-state index is 0.0273. The number of halogens is 3. The fourth-order valence-electron chi connectivity index (χ4n) is 2.02. The topological polar surface area (TPSA) is 60.5 Å². The molecule has 5 nitrogen and oxygen atoms in total. The number of benzene rings is 1. The minimum atomic E-state index is -2.91. The van der Waals surface area contributed by atoms with Gasteiger partial charge in [-0.15, -0.1) is 0 Å². The van der Waals surface area contributed by atoms with Crippen LogP contribution in [0.1, 0.15) is 15.9 Å². The zero-order chi connectivity index (χ0) is 17.5. The van der Waals surface area contributed by atoms with Gasteiger partial charge in [-0.25, -0.2) is 0 Å². The molecule has 0 unspecified atom stereocenters. The molecule has 2 rings (SSSR count). The molecule has 0 bridgehead atoms. The smallest absolute Gasteiger partial charge is 0.387 e. The van der Waals surface area contributed by atoms with Gasteiger partial charge in [0.25, 0.3) is 5.91 Å². The first-order valence-corrected chi connectivity index (χ1v) is 7.79. The van der Waals surface area contributed by atoms with Crippen LogP contribution in [0.4, 0.5) is 8.78 Å². The number of aromatic nitrogens is 1. The average Bonchev–Trinajstić information content (AvgIpc) is 2.55. The van der Waals surface area contributed by atoms with Crippen molar-refractivity contribution in [2.75, 3.05) is 13.7 Å². The number of amides is 1. The van der Waals surface area contributed by atoms with Crippen molar-refractivity contribution in [2.24, 2.45) is 0 Å². The third-order valence-electron chi connectivity index (χ3n) is 3.11. The molecule has 0 aliphatic heterocycles. The zero-order valence-corrected chi connectivity index (χ0v) is 14.3. The second kappa shape index (κ2) is 8.58. The highest BCUT2D eigenvalue weighted by atomic mass is 79.9. The molecule has 2 aromatic rings. The molecule has 0 radical (unpaired) electrons. The molecule has 0 saturated heterocycles. The summed E-state index contributed by atoms with van der Waals surface area (Å²) in [6.07, 6.45) is 3.57. The maximum atomic E-state index is 12.3. The number of nitrogens with zero attached hydrogens (tertiary/aromatic N) is 1. The van der Waals surface area contributed by atoms with E-state index in [4.69, 9.17) is 4.74 Å². The molecule has 1 aromatic heterocycles. The Morgan fingerprint density at radius 2 is 2.08 bits per heavy atom. The van der Waals surface area contributed by atoms with Gasteiger partial charge in [0.1, 0.15) is 0 Å². The lowest BCUT2D eigenvalue weighted by molar-refractivity contribution is -0.0512. The average molecular weight is 401 g/mol. The van der Waals surface area contributed by atoms with Gasteiger partial charge in [0.15, 0.2) is 11.5 Å². The first-order valence-electron chi connectivity index (χ1n) is 7.00. The normalized spacial score (nSPS) is 10.5. The number of pyridine rings is 1. The number of alkyl halides is 2. The van der Waals surface area contributed by atoms with Crippen LogP contribution in [0, 0.1) is 0 Å². The summed E-state index contributed by atoms with van der Waals surface area (Å²) in [5, 5.41) is 2.77. The quantitative estimate of drug-likeness (QED) is 0.773. The van der Waals surface area contributed by atoms with Crippen LogP contribution in [-0.4, -0.2) is 31.2 Å². The van der Waals surface area contributed by atoms with E-state index in [-0.39, 0.29) is 17.4 Å². The van der Waals surface area contributed by atoms with Crippen LogP contribution < -0.4 is 14.8 Å². The van der Waals surface area contributed by atoms with Crippen LogP contribution in [-0.2, 0) is 6.42 Å². The Morgan fingerprint density at radius 3 is 2.75 bits per heavy atom. The number of nitrogens with one attached hydrogen (secondary N) is 1. The molecular formula is C16H15BrF2N2O3. The van der Waals surface area contributed by atoms with Crippen molar-refractivity contribution in [3.8, 4) is 11.5 Å². The molecule has 0 aliphatic rings. The van der Waals surface area contributed by atoms with E-state index in [9.17, 15) is 13.6 Å². The molecule has 24 heavy (non-hydrogen) atoms. The molecule has 128 valence electrons. The second-order valence-corrected chi connectivity index (χ2v) is 5.68. The molecule has 1 N–H and O–H groups in total. The lowest BCUT2D eigenvalue weighted by atomic mass is 10.1. The molecule has 1 aromatic carbocycles. The van der Waals surface area contributed by atoms with Crippen molar-refractivity contribution >= 4 is 21.8 Å². The van der Waals surface area contributed by atoms with Gasteiger partial charge in [0, 0.05) is 23.4 Å². The Labute approximate surface area is 146 Å². The number of ether oxygens (including phenoxy) is 2. The number of carbonyl (C=O) groups excluding carboxylic acids is 1. The Kier molecular flexibility index (Phi) is 6.48. The fraction of sp³-hybridized carbons (Fsp3) is 0.250. The summed E-state index contributed by atoms with van der Waals surface area (Å²) in [7, 11) is 1.37. The molecule has 0 spiro atoms. The molecule has 0 fully saturated rings. The van der Waals surface area contributed by atoms with Crippen molar-refractivity contribution in [1.82, 2.24) is 10.3 Å².